The largest absolute Gasteiger partial charge is 0.481 e. The summed E-state index contributed by atoms with van der Waals surface area (Å²) in [5, 5.41) is 0.447. The Hall–Kier alpha value is -1.68. The number of hydrogen-bond acceptors (Lipinski definition) is 4. The first-order valence-corrected chi connectivity index (χ1v) is 5.64. The molecule has 2 heterocycles. The molecule has 0 aliphatic carbocycles. The Kier molecular flexibility index (Phi) is 3.54. The first kappa shape index (κ1) is 11.8. The first-order valence-electron chi connectivity index (χ1n) is 5.26. The maximum atomic E-state index is 5.95. The topological polar surface area (TPSA) is 47.9 Å². The second kappa shape index (κ2) is 5.10. The van der Waals surface area contributed by atoms with Crippen LogP contribution in [0.5, 0.6) is 5.88 Å². The lowest BCUT2D eigenvalue weighted by atomic mass is 10.2. The van der Waals surface area contributed by atoms with Crippen molar-refractivity contribution in [3.63, 3.8) is 0 Å². The van der Waals surface area contributed by atoms with Crippen molar-refractivity contribution in [2.24, 2.45) is 0 Å². The van der Waals surface area contributed by atoms with E-state index in [1.54, 1.807) is 19.4 Å². The lowest BCUT2D eigenvalue weighted by Crippen LogP contribution is -1.96. The Balaban J connectivity index is 2.47. The summed E-state index contributed by atoms with van der Waals surface area (Å²) in [6, 6.07) is 5.41. The van der Waals surface area contributed by atoms with Crippen LogP contribution in [-0.4, -0.2) is 22.1 Å². The molecule has 17 heavy (non-hydrogen) atoms. The number of hydrogen-bond donors (Lipinski definition) is 0. The molecule has 0 aromatic carbocycles. The van der Waals surface area contributed by atoms with Crippen LogP contribution >= 0.6 is 11.6 Å². The summed E-state index contributed by atoms with van der Waals surface area (Å²) in [7, 11) is 1.58. The van der Waals surface area contributed by atoms with Crippen LogP contribution in [0.25, 0.3) is 11.3 Å². The van der Waals surface area contributed by atoms with Gasteiger partial charge in [-0.25, -0.2) is 15.0 Å². The van der Waals surface area contributed by atoms with E-state index in [0.29, 0.717) is 11.0 Å². The number of aromatic nitrogens is 3. The van der Waals surface area contributed by atoms with E-state index in [-0.39, 0.29) is 0 Å². The van der Waals surface area contributed by atoms with Gasteiger partial charge in [0.05, 0.1) is 12.8 Å². The molecule has 0 aliphatic heterocycles. The van der Waals surface area contributed by atoms with E-state index >= 15 is 0 Å². The Labute approximate surface area is 105 Å². The second-order valence-electron chi connectivity index (χ2n) is 3.43. The van der Waals surface area contributed by atoms with Crippen molar-refractivity contribution in [3.05, 3.63) is 35.4 Å². The van der Waals surface area contributed by atoms with Crippen molar-refractivity contribution < 1.29 is 4.74 Å². The Bertz CT molecular complexity index is 531. The number of pyridine rings is 1. The lowest BCUT2D eigenvalue weighted by Gasteiger charge is -2.05. The van der Waals surface area contributed by atoms with Gasteiger partial charge in [-0.2, -0.15) is 0 Å². The molecule has 0 spiro atoms. The minimum absolute atomic E-state index is 0.447. The van der Waals surface area contributed by atoms with E-state index in [9.17, 15) is 0 Å². The van der Waals surface area contributed by atoms with Crippen molar-refractivity contribution in [1.82, 2.24) is 15.0 Å². The van der Waals surface area contributed by atoms with Crippen molar-refractivity contribution in [3.8, 4) is 17.1 Å². The van der Waals surface area contributed by atoms with Crippen LogP contribution < -0.4 is 4.74 Å². The van der Waals surface area contributed by atoms with Gasteiger partial charge in [-0.05, 0) is 6.07 Å². The molecule has 0 aliphatic rings. The van der Waals surface area contributed by atoms with E-state index in [2.05, 4.69) is 15.0 Å². The Morgan fingerprint density at radius 1 is 1.29 bits per heavy atom. The number of ether oxygens (including phenoxy) is 1. The smallest absolute Gasteiger partial charge is 0.213 e. The van der Waals surface area contributed by atoms with Crippen LogP contribution in [-0.2, 0) is 6.42 Å². The third-order valence-corrected chi connectivity index (χ3v) is 2.49. The van der Waals surface area contributed by atoms with E-state index in [4.69, 9.17) is 16.3 Å². The molecule has 0 radical (unpaired) electrons. The normalized spacial score (nSPS) is 10.3. The van der Waals surface area contributed by atoms with Crippen molar-refractivity contribution in [2.45, 2.75) is 13.3 Å². The molecule has 2 aromatic heterocycles. The van der Waals surface area contributed by atoms with Crippen LogP contribution in [0.3, 0.4) is 0 Å². The van der Waals surface area contributed by atoms with E-state index in [1.807, 2.05) is 19.1 Å². The molecule has 4 nitrogen and oxygen atoms in total. The maximum Gasteiger partial charge on any atom is 0.213 e. The number of nitrogens with zero attached hydrogens (tertiary/aromatic N) is 3. The molecule has 2 rings (SSSR count). The zero-order valence-corrected chi connectivity index (χ0v) is 10.4. The van der Waals surface area contributed by atoms with Gasteiger partial charge in [0, 0.05) is 30.3 Å². The van der Waals surface area contributed by atoms with Gasteiger partial charge in [0.25, 0.3) is 0 Å². The second-order valence-corrected chi connectivity index (χ2v) is 3.82. The molecule has 0 fully saturated rings. The molecule has 0 bridgehead atoms. The molecule has 0 saturated carbocycles. The molecule has 5 heteroatoms. The van der Waals surface area contributed by atoms with Crippen molar-refractivity contribution >= 4 is 11.6 Å². The van der Waals surface area contributed by atoms with Gasteiger partial charge in [0.2, 0.25) is 5.88 Å². The van der Waals surface area contributed by atoms with Gasteiger partial charge in [0.15, 0.2) is 0 Å². The zero-order valence-electron chi connectivity index (χ0n) is 9.64. The van der Waals surface area contributed by atoms with Gasteiger partial charge in [-0.15, -0.1) is 0 Å². The fraction of sp³-hybridized carbons (Fsp3) is 0.250. The number of aryl methyl sites for hydroxylation is 1. The van der Waals surface area contributed by atoms with E-state index in [0.717, 1.165) is 23.5 Å². The molecular formula is C12H12ClN3O. The number of halogens is 1. The summed E-state index contributed by atoms with van der Waals surface area (Å²) in [4.78, 5) is 12.6. The highest BCUT2D eigenvalue weighted by Gasteiger charge is 2.06. The summed E-state index contributed by atoms with van der Waals surface area (Å²) in [6.07, 6.45) is 2.42. The highest BCUT2D eigenvalue weighted by atomic mass is 35.5. The third-order valence-electron chi connectivity index (χ3n) is 2.30. The van der Waals surface area contributed by atoms with Crippen LogP contribution in [0.1, 0.15) is 12.7 Å². The molecule has 0 amide bonds. The van der Waals surface area contributed by atoms with E-state index in [1.165, 1.54) is 0 Å². The Morgan fingerprint density at radius 2 is 2.12 bits per heavy atom. The third kappa shape index (κ3) is 2.71. The van der Waals surface area contributed by atoms with Gasteiger partial charge in [-0.3, -0.25) is 0 Å². The predicted molar refractivity (Wildman–Crippen MR) is 66.2 cm³/mol. The molecular weight excluding hydrogens is 238 g/mol. The molecule has 88 valence electrons. The monoisotopic (exact) mass is 249 g/mol. The fourth-order valence-corrected chi connectivity index (χ4v) is 1.65. The van der Waals surface area contributed by atoms with Crippen LogP contribution in [0.4, 0.5) is 0 Å². The molecule has 0 atom stereocenters. The summed E-state index contributed by atoms with van der Waals surface area (Å²) in [6.45, 7) is 1.99. The SMILES string of the molecule is CCc1nc(Cl)cc(-c2ccnc(OC)c2)n1. The minimum atomic E-state index is 0.447. The summed E-state index contributed by atoms with van der Waals surface area (Å²) in [5.74, 6) is 1.28. The molecule has 0 unspecified atom stereocenters. The van der Waals surface area contributed by atoms with Crippen molar-refractivity contribution in [2.75, 3.05) is 7.11 Å². The summed E-state index contributed by atoms with van der Waals surface area (Å²) in [5.41, 5.74) is 1.69. The number of methoxy groups -OCH3 is 1. The summed E-state index contributed by atoms with van der Waals surface area (Å²) < 4.78 is 5.08. The standard InChI is InChI=1S/C12H12ClN3O/c1-3-11-15-9(7-10(13)16-11)8-4-5-14-12(6-8)17-2/h4-7H,3H2,1-2H3. The highest BCUT2D eigenvalue weighted by molar-refractivity contribution is 6.29. The van der Waals surface area contributed by atoms with Gasteiger partial charge in [-0.1, -0.05) is 18.5 Å². The highest BCUT2D eigenvalue weighted by Crippen LogP contribution is 2.22. The molecule has 0 saturated heterocycles. The number of rotatable bonds is 3. The quantitative estimate of drug-likeness (QED) is 0.785. The van der Waals surface area contributed by atoms with Gasteiger partial charge >= 0.3 is 0 Å². The average molecular weight is 250 g/mol. The summed E-state index contributed by atoms with van der Waals surface area (Å²) >= 11 is 5.95. The fourth-order valence-electron chi connectivity index (χ4n) is 1.45. The van der Waals surface area contributed by atoms with Gasteiger partial charge < -0.3 is 4.74 Å². The first-order chi connectivity index (χ1) is 8.22. The van der Waals surface area contributed by atoms with Crippen molar-refractivity contribution in [1.29, 1.82) is 0 Å². The Morgan fingerprint density at radius 3 is 2.82 bits per heavy atom. The predicted octanol–water partition coefficient (Wildman–Crippen LogP) is 2.76. The molecule has 0 N–H and O–H groups in total. The zero-order chi connectivity index (χ0) is 12.3. The van der Waals surface area contributed by atoms with E-state index < -0.39 is 0 Å². The lowest BCUT2D eigenvalue weighted by molar-refractivity contribution is 0.398. The maximum absolute atomic E-state index is 5.95. The van der Waals surface area contributed by atoms with Crippen LogP contribution in [0.15, 0.2) is 24.4 Å². The van der Waals surface area contributed by atoms with Gasteiger partial charge in [0.1, 0.15) is 11.0 Å². The van der Waals surface area contributed by atoms with Crippen LogP contribution in [0.2, 0.25) is 5.15 Å². The average Bonchev–Trinajstić information content (AvgIpc) is 2.38. The van der Waals surface area contributed by atoms with Crippen LogP contribution in [0, 0.1) is 0 Å². The molecule has 2 aromatic rings. The minimum Gasteiger partial charge on any atom is -0.481 e.